The second-order valence-corrected chi connectivity index (χ2v) is 2.38. The first-order valence-corrected chi connectivity index (χ1v) is 3.81. The molecule has 4 heteroatoms. The van der Waals surface area contributed by atoms with Crippen LogP contribution in [-0.2, 0) is 0 Å². The first-order chi connectivity index (χ1) is 6.27. The van der Waals surface area contributed by atoms with E-state index in [1.54, 1.807) is 19.2 Å². The number of hydrogen-bond donors (Lipinski definition) is 1. The van der Waals surface area contributed by atoms with E-state index in [0.717, 1.165) is 0 Å². The standard InChI is InChI=1S/C9H11FN2O/c1-11-12-6-7-3-4-9(13-2)8(10)5-7/h3-6,11H,1-2H3/b12-6+. The molecule has 1 rings (SSSR count). The molecular weight excluding hydrogens is 171 g/mol. The van der Waals surface area contributed by atoms with E-state index in [-0.39, 0.29) is 11.6 Å². The lowest BCUT2D eigenvalue weighted by Gasteiger charge is -2.01. The highest BCUT2D eigenvalue weighted by molar-refractivity contribution is 5.79. The monoisotopic (exact) mass is 182 g/mol. The fourth-order valence-corrected chi connectivity index (χ4v) is 0.902. The van der Waals surface area contributed by atoms with Gasteiger partial charge in [-0.05, 0) is 23.8 Å². The number of hydrogen-bond acceptors (Lipinski definition) is 3. The van der Waals surface area contributed by atoms with Gasteiger partial charge in [-0.25, -0.2) is 4.39 Å². The van der Waals surface area contributed by atoms with Crippen molar-refractivity contribution in [1.29, 1.82) is 0 Å². The number of nitrogens with one attached hydrogen (secondary N) is 1. The topological polar surface area (TPSA) is 33.6 Å². The van der Waals surface area contributed by atoms with Gasteiger partial charge < -0.3 is 10.2 Å². The molecule has 0 aromatic heterocycles. The Morgan fingerprint density at radius 3 is 2.85 bits per heavy atom. The lowest BCUT2D eigenvalue weighted by Crippen LogP contribution is -1.95. The van der Waals surface area contributed by atoms with Gasteiger partial charge in [0, 0.05) is 7.05 Å². The molecule has 0 heterocycles. The first kappa shape index (κ1) is 9.51. The molecule has 0 spiro atoms. The third-order valence-corrected chi connectivity index (χ3v) is 1.52. The molecule has 70 valence electrons. The van der Waals surface area contributed by atoms with Crippen molar-refractivity contribution in [3.05, 3.63) is 29.6 Å². The summed E-state index contributed by atoms with van der Waals surface area (Å²) in [5.74, 6) is -0.149. The molecule has 0 saturated heterocycles. The van der Waals surface area contributed by atoms with E-state index in [1.165, 1.54) is 19.4 Å². The van der Waals surface area contributed by atoms with Crippen molar-refractivity contribution in [3.63, 3.8) is 0 Å². The average Bonchev–Trinajstić information content (AvgIpc) is 2.15. The van der Waals surface area contributed by atoms with Crippen LogP contribution in [0.2, 0.25) is 0 Å². The zero-order valence-corrected chi connectivity index (χ0v) is 7.54. The molecule has 0 amide bonds. The van der Waals surface area contributed by atoms with Gasteiger partial charge in [0.25, 0.3) is 0 Å². The van der Waals surface area contributed by atoms with E-state index in [4.69, 9.17) is 4.74 Å². The van der Waals surface area contributed by atoms with Crippen LogP contribution in [0.4, 0.5) is 4.39 Å². The summed E-state index contributed by atoms with van der Waals surface area (Å²) in [5, 5.41) is 3.76. The lowest BCUT2D eigenvalue weighted by atomic mass is 10.2. The van der Waals surface area contributed by atoms with Crippen molar-refractivity contribution in [3.8, 4) is 5.75 Å². The molecule has 0 unspecified atom stereocenters. The van der Waals surface area contributed by atoms with Crippen LogP contribution in [0.5, 0.6) is 5.75 Å². The van der Waals surface area contributed by atoms with Gasteiger partial charge in [-0.1, -0.05) is 0 Å². The summed E-state index contributed by atoms with van der Waals surface area (Å²) in [4.78, 5) is 0. The van der Waals surface area contributed by atoms with Crippen LogP contribution in [0.15, 0.2) is 23.3 Å². The van der Waals surface area contributed by atoms with Crippen molar-refractivity contribution >= 4 is 6.21 Å². The van der Waals surface area contributed by atoms with Crippen LogP contribution in [0.3, 0.4) is 0 Å². The predicted octanol–water partition coefficient (Wildman–Crippen LogP) is 1.39. The molecule has 1 aromatic carbocycles. The van der Waals surface area contributed by atoms with Crippen LogP contribution in [0.25, 0.3) is 0 Å². The van der Waals surface area contributed by atoms with Gasteiger partial charge in [0.1, 0.15) is 0 Å². The SMILES string of the molecule is CN/N=C/c1ccc(OC)c(F)c1. The third kappa shape index (κ3) is 2.43. The molecule has 1 aromatic rings. The Bertz CT molecular complexity index is 312. The van der Waals surface area contributed by atoms with Gasteiger partial charge >= 0.3 is 0 Å². The highest BCUT2D eigenvalue weighted by Crippen LogP contribution is 2.16. The molecule has 0 aliphatic carbocycles. The molecule has 1 N–H and O–H groups in total. The Morgan fingerprint density at radius 2 is 2.31 bits per heavy atom. The molecule has 0 radical (unpaired) electrons. The van der Waals surface area contributed by atoms with E-state index in [9.17, 15) is 4.39 Å². The van der Waals surface area contributed by atoms with Crippen molar-refractivity contribution in [1.82, 2.24) is 5.43 Å². The number of benzene rings is 1. The fourth-order valence-electron chi connectivity index (χ4n) is 0.902. The normalized spacial score (nSPS) is 10.4. The first-order valence-electron chi connectivity index (χ1n) is 3.81. The van der Waals surface area contributed by atoms with Gasteiger partial charge in [-0.2, -0.15) is 5.10 Å². The lowest BCUT2D eigenvalue weighted by molar-refractivity contribution is 0.386. The zero-order valence-electron chi connectivity index (χ0n) is 7.54. The molecule has 3 nitrogen and oxygen atoms in total. The number of ether oxygens (including phenoxy) is 1. The minimum atomic E-state index is -0.387. The van der Waals surface area contributed by atoms with Crippen LogP contribution in [0.1, 0.15) is 5.56 Å². The Kier molecular flexibility index (Phi) is 3.25. The van der Waals surface area contributed by atoms with E-state index in [0.29, 0.717) is 5.56 Å². The molecule has 0 aliphatic heterocycles. The summed E-state index contributed by atoms with van der Waals surface area (Å²) in [7, 11) is 3.11. The second-order valence-electron chi connectivity index (χ2n) is 2.38. The van der Waals surface area contributed by atoms with Gasteiger partial charge in [0.2, 0.25) is 0 Å². The summed E-state index contributed by atoms with van der Waals surface area (Å²) in [6.07, 6.45) is 1.53. The largest absolute Gasteiger partial charge is 0.494 e. The second kappa shape index (κ2) is 4.45. The highest BCUT2D eigenvalue weighted by Gasteiger charge is 2.00. The predicted molar refractivity (Wildman–Crippen MR) is 49.6 cm³/mol. The fraction of sp³-hybridized carbons (Fsp3) is 0.222. The summed E-state index contributed by atoms with van der Waals surface area (Å²) < 4.78 is 17.8. The Hall–Kier alpha value is -1.58. The van der Waals surface area contributed by atoms with Crippen LogP contribution >= 0.6 is 0 Å². The highest BCUT2D eigenvalue weighted by atomic mass is 19.1. The number of nitrogens with zero attached hydrogens (tertiary/aromatic N) is 1. The minimum absolute atomic E-state index is 0.238. The van der Waals surface area contributed by atoms with Gasteiger partial charge in [-0.3, -0.25) is 0 Å². The van der Waals surface area contributed by atoms with Crippen LogP contribution in [0, 0.1) is 5.82 Å². The number of halogens is 1. The number of hydrazone groups is 1. The zero-order chi connectivity index (χ0) is 9.68. The van der Waals surface area contributed by atoms with Gasteiger partial charge in [0.15, 0.2) is 11.6 Å². The van der Waals surface area contributed by atoms with Crippen molar-refractivity contribution in [2.45, 2.75) is 0 Å². The van der Waals surface area contributed by atoms with Crippen LogP contribution in [-0.4, -0.2) is 20.4 Å². The molecule has 0 atom stereocenters. The number of rotatable bonds is 3. The smallest absolute Gasteiger partial charge is 0.165 e. The van der Waals surface area contributed by atoms with E-state index in [1.807, 2.05) is 0 Å². The average molecular weight is 182 g/mol. The molecule has 13 heavy (non-hydrogen) atoms. The molecule has 0 bridgehead atoms. The Labute approximate surface area is 76.2 Å². The summed E-state index contributed by atoms with van der Waals surface area (Å²) in [6, 6.07) is 4.65. The summed E-state index contributed by atoms with van der Waals surface area (Å²) in [5.41, 5.74) is 3.27. The molecule has 0 aliphatic rings. The molecule has 0 fully saturated rings. The maximum atomic E-state index is 13.1. The van der Waals surface area contributed by atoms with Crippen molar-refractivity contribution in [2.24, 2.45) is 5.10 Å². The van der Waals surface area contributed by atoms with Crippen molar-refractivity contribution < 1.29 is 9.13 Å². The van der Waals surface area contributed by atoms with E-state index < -0.39 is 0 Å². The van der Waals surface area contributed by atoms with Crippen molar-refractivity contribution in [2.75, 3.05) is 14.2 Å². The minimum Gasteiger partial charge on any atom is -0.494 e. The quantitative estimate of drug-likeness (QED) is 0.566. The van der Waals surface area contributed by atoms with Gasteiger partial charge in [-0.15, -0.1) is 0 Å². The molecular formula is C9H11FN2O. The summed E-state index contributed by atoms with van der Waals surface area (Å²) >= 11 is 0. The summed E-state index contributed by atoms with van der Waals surface area (Å²) in [6.45, 7) is 0. The van der Waals surface area contributed by atoms with E-state index >= 15 is 0 Å². The Morgan fingerprint density at radius 1 is 1.54 bits per heavy atom. The number of methoxy groups -OCH3 is 1. The molecule has 0 saturated carbocycles. The Balaban J connectivity index is 2.89. The maximum Gasteiger partial charge on any atom is 0.165 e. The van der Waals surface area contributed by atoms with E-state index in [2.05, 4.69) is 10.5 Å². The van der Waals surface area contributed by atoms with Gasteiger partial charge in [0.05, 0.1) is 13.3 Å². The third-order valence-electron chi connectivity index (χ3n) is 1.52. The van der Waals surface area contributed by atoms with Crippen LogP contribution < -0.4 is 10.2 Å². The maximum absolute atomic E-state index is 13.1.